The van der Waals surface area contributed by atoms with Crippen LogP contribution in [-0.2, 0) is 0 Å². The molecule has 0 heterocycles. The monoisotopic (exact) mass is 148 g/mol. The number of thiocarbonyl (C=S) groups is 1. The van der Waals surface area contributed by atoms with Crippen LogP contribution >= 0.6 is 24.8 Å². The van der Waals surface area contributed by atoms with Crippen LogP contribution in [0.15, 0.2) is 0 Å². The maximum Gasteiger partial charge on any atom is 0.130 e. The highest BCUT2D eigenvalue weighted by atomic mass is 32.1. The Balaban J connectivity index is 2.82. The fraction of sp³-hybridized carbons (Fsp3) is 0.600. The molecule has 8 heavy (non-hydrogen) atoms. The first kappa shape index (κ1) is 8.24. The molecule has 3 heteroatoms. The van der Waals surface area contributed by atoms with Crippen molar-refractivity contribution in [2.24, 2.45) is 0 Å². The molecule has 47 valence electrons. The van der Waals surface area contributed by atoms with E-state index in [9.17, 15) is 0 Å². The van der Waals surface area contributed by atoms with Crippen LogP contribution in [0.5, 0.6) is 0 Å². The van der Waals surface area contributed by atoms with Crippen molar-refractivity contribution in [1.29, 1.82) is 0 Å². The molecule has 0 saturated carbocycles. The summed E-state index contributed by atoms with van der Waals surface area (Å²) in [5.41, 5.74) is 0. The number of hydrogen-bond donors (Lipinski definition) is 2. The molecule has 0 rings (SSSR count). The Morgan fingerprint density at radius 3 is 2.88 bits per heavy atom. The fourth-order valence-electron chi connectivity index (χ4n) is 0.304. The minimum absolute atomic E-state index is 0.540. The van der Waals surface area contributed by atoms with E-state index in [0.717, 1.165) is 12.8 Å². The van der Waals surface area contributed by atoms with Gasteiger partial charge in [0, 0.05) is 6.54 Å². The molecule has 0 bridgehead atoms. The molecule has 1 N–H and O–H groups in total. The maximum atomic E-state index is 4.63. The zero-order chi connectivity index (χ0) is 6.41. The highest BCUT2D eigenvalue weighted by Crippen LogP contribution is 1.88. The molecular formula is C5H10NS2. The van der Waals surface area contributed by atoms with E-state index in [1.54, 1.807) is 0 Å². The SMILES string of the molecule is CCC[CH]NC(=S)S. The fourth-order valence-corrected chi connectivity index (χ4v) is 0.478. The Bertz CT molecular complexity index is 72.8. The number of hydrogen-bond acceptors (Lipinski definition) is 1. The second-order valence-electron chi connectivity index (χ2n) is 1.44. The second kappa shape index (κ2) is 5.38. The van der Waals surface area contributed by atoms with Gasteiger partial charge in [-0.25, -0.2) is 0 Å². The van der Waals surface area contributed by atoms with Crippen LogP contribution < -0.4 is 5.32 Å². The van der Waals surface area contributed by atoms with Gasteiger partial charge in [0.05, 0.1) is 0 Å². The first-order valence-electron chi connectivity index (χ1n) is 2.58. The van der Waals surface area contributed by atoms with Crippen molar-refractivity contribution in [3.05, 3.63) is 6.54 Å². The molecule has 0 aromatic heterocycles. The lowest BCUT2D eigenvalue weighted by Crippen LogP contribution is -2.11. The van der Waals surface area contributed by atoms with Gasteiger partial charge in [0.2, 0.25) is 0 Å². The highest BCUT2D eigenvalue weighted by Gasteiger charge is 1.84. The van der Waals surface area contributed by atoms with Crippen LogP contribution in [-0.4, -0.2) is 4.32 Å². The molecule has 1 radical (unpaired) electrons. The van der Waals surface area contributed by atoms with E-state index in [-0.39, 0.29) is 0 Å². The molecule has 0 aliphatic carbocycles. The summed E-state index contributed by atoms with van der Waals surface area (Å²) in [6.45, 7) is 4.02. The van der Waals surface area contributed by atoms with Crippen LogP contribution in [0.3, 0.4) is 0 Å². The number of rotatable bonds is 3. The molecule has 0 aromatic rings. The summed E-state index contributed by atoms with van der Waals surface area (Å²) >= 11 is 8.49. The predicted molar refractivity (Wildman–Crippen MR) is 43.9 cm³/mol. The van der Waals surface area contributed by atoms with Crippen LogP contribution in [0.1, 0.15) is 19.8 Å². The Kier molecular flexibility index (Phi) is 5.54. The molecule has 0 saturated heterocycles. The molecule has 0 amide bonds. The van der Waals surface area contributed by atoms with Crippen LogP contribution in [0, 0.1) is 6.54 Å². The molecule has 0 atom stereocenters. The normalized spacial score (nSPS) is 8.75. The first-order chi connectivity index (χ1) is 3.77. The van der Waals surface area contributed by atoms with Crippen molar-refractivity contribution in [2.45, 2.75) is 19.8 Å². The zero-order valence-corrected chi connectivity index (χ0v) is 6.56. The van der Waals surface area contributed by atoms with Gasteiger partial charge in [0.15, 0.2) is 0 Å². The summed E-state index contributed by atoms with van der Waals surface area (Å²) in [5.74, 6) is 0. The summed E-state index contributed by atoms with van der Waals surface area (Å²) < 4.78 is 0.540. The van der Waals surface area contributed by atoms with E-state index in [1.807, 2.05) is 6.54 Å². The van der Waals surface area contributed by atoms with Crippen molar-refractivity contribution < 1.29 is 0 Å². The Labute approximate surface area is 61.3 Å². The van der Waals surface area contributed by atoms with Gasteiger partial charge in [-0.05, 0) is 6.42 Å². The quantitative estimate of drug-likeness (QED) is 0.359. The van der Waals surface area contributed by atoms with Crippen molar-refractivity contribution in [2.75, 3.05) is 0 Å². The van der Waals surface area contributed by atoms with Gasteiger partial charge in [-0.15, -0.1) is 12.6 Å². The van der Waals surface area contributed by atoms with Gasteiger partial charge < -0.3 is 5.32 Å². The van der Waals surface area contributed by atoms with Crippen molar-refractivity contribution in [1.82, 2.24) is 5.32 Å². The molecule has 0 aliphatic rings. The number of nitrogens with one attached hydrogen (secondary N) is 1. The third kappa shape index (κ3) is 6.24. The first-order valence-corrected chi connectivity index (χ1v) is 3.44. The van der Waals surface area contributed by atoms with Crippen LogP contribution in [0.4, 0.5) is 0 Å². The standard InChI is InChI=1S/C5H10NS2/c1-2-3-4-6-5(7)8/h4H,2-3H2,1H3,(H2,6,7,8). The van der Waals surface area contributed by atoms with E-state index in [1.165, 1.54) is 0 Å². The average molecular weight is 148 g/mol. The van der Waals surface area contributed by atoms with Crippen molar-refractivity contribution in [3.8, 4) is 0 Å². The largest absolute Gasteiger partial charge is 0.366 e. The minimum atomic E-state index is 0.540. The van der Waals surface area contributed by atoms with Crippen molar-refractivity contribution >= 4 is 29.2 Å². The van der Waals surface area contributed by atoms with Crippen LogP contribution in [0.25, 0.3) is 0 Å². The molecule has 0 unspecified atom stereocenters. The predicted octanol–water partition coefficient (Wildman–Crippen LogP) is 1.75. The third-order valence-corrected chi connectivity index (χ3v) is 0.906. The lowest BCUT2D eigenvalue weighted by Gasteiger charge is -1.97. The summed E-state index contributed by atoms with van der Waals surface area (Å²) in [4.78, 5) is 0. The zero-order valence-electron chi connectivity index (χ0n) is 4.85. The molecule has 0 aliphatic heterocycles. The Morgan fingerprint density at radius 2 is 2.50 bits per heavy atom. The van der Waals surface area contributed by atoms with E-state index in [0.29, 0.717) is 4.32 Å². The average Bonchev–Trinajstić information content (AvgIpc) is 1.66. The van der Waals surface area contributed by atoms with Crippen molar-refractivity contribution in [3.63, 3.8) is 0 Å². The van der Waals surface area contributed by atoms with Gasteiger partial charge in [0.1, 0.15) is 4.32 Å². The highest BCUT2D eigenvalue weighted by molar-refractivity contribution is 8.11. The number of unbranched alkanes of at least 4 members (excludes halogenated alkanes) is 1. The minimum Gasteiger partial charge on any atom is -0.366 e. The van der Waals surface area contributed by atoms with Gasteiger partial charge in [0.25, 0.3) is 0 Å². The van der Waals surface area contributed by atoms with Gasteiger partial charge in [-0.1, -0.05) is 25.6 Å². The van der Waals surface area contributed by atoms with Gasteiger partial charge in [-0.2, -0.15) is 0 Å². The third-order valence-electron chi connectivity index (χ3n) is 0.659. The summed E-state index contributed by atoms with van der Waals surface area (Å²) in [6, 6.07) is 0. The van der Waals surface area contributed by atoms with E-state index in [2.05, 4.69) is 37.1 Å². The van der Waals surface area contributed by atoms with E-state index >= 15 is 0 Å². The smallest absolute Gasteiger partial charge is 0.130 e. The van der Waals surface area contributed by atoms with Gasteiger partial charge in [-0.3, -0.25) is 0 Å². The van der Waals surface area contributed by atoms with Gasteiger partial charge >= 0.3 is 0 Å². The van der Waals surface area contributed by atoms with E-state index in [4.69, 9.17) is 0 Å². The second-order valence-corrected chi connectivity index (χ2v) is 2.60. The molecular weight excluding hydrogens is 138 g/mol. The molecule has 0 spiro atoms. The molecule has 0 fully saturated rings. The Morgan fingerprint density at radius 1 is 1.88 bits per heavy atom. The van der Waals surface area contributed by atoms with Crippen LogP contribution in [0.2, 0.25) is 0 Å². The Hall–Kier alpha value is 0.240. The summed E-state index contributed by atoms with van der Waals surface area (Å²) in [5, 5.41) is 2.82. The molecule has 0 aromatic carbocycles. The lowest BCUT2D eigenvalue weighted by molar-refractivity contribution is 0.855. The maximum absolute atomic E-state index is 4.63. The molecule has 1 nitrogen and oxygen atoms in total. The summed E-state index contributed by atoms with van der Waals surface area (Å²) in [7, 11) is 0. The summed E-state index contributed by atoms with van der Waals surface area (Å²) in [6.07, 6.45) is 2.18. The number of thiol groups is 1. The lowest BCUT2D eigenvalue weighted by atomic mass is 10.3. The topological polar surface area (TPSA) is 12.0 Å². The van der Waals surface area contributed by atoms with E-state index < -0.39 is 0 Å².